The number of ether oxygens (including phenoxy) is 1. The minimum atomic E-state index is 0.420. The molecule has 4 nitrogen and oxygen atoms in total. The number of aromatic nitrogens is 2. The van der Waals surface area contributed by atoms with E-state index in [-0.39, 0.29) is 0 Å². The largest absolute Gasteiger partial charge is 0.496 e. The van der Waals surface area contributed by atoms with Gasteiger partial charge in [0.1, 0.15) is 12.1 Å². The number of hydrogen-bond acceptors (Lipinski definition) is 4. The topological polar surface area (TPSA) is 61.0 Å². The first-order valence-electron chi connectivity index (χ1n) is 5.82. The van der Waals surface area contributed by atoms with E-state index in [4.69, 9.17) is 10.5 Å². The highest BCUT2D eigenvalue weighted by molar-refractivity contribution is 5.66. The van der Waals surface area contributed by atoms with Gasteiger partial charge in [0.15, 0.2) is 0 Å². The maximum atomic E-state index is 5.60. The van der Waals surface area contributed by atoms with Crippen molar-refractivity contribution in [2.75, 3.05) is 7.11 Å². The molecule has 18 heavy (non-hydrogen) atoms. The van der Waals surface area contributed by atoms with Crippen LogP contribution in [0, 0.1) is 13.8 Å². The van der Waals surface area contributed by atoms with Gasteiger partial charge in [-0.3, -0.25) is 0 Å². The number of aryl methyl sites for hydroxylation is 2. The van der Waals surface area contributed by atoms with Crippen molar-refractivity contribution in [3.63, 3.8) is 0 Å². The summed E-state index contributed by atoms with van der Waals surface area (Å²) >= 11 is 0. The second kappa shape index (κ2) is 5.14. The third-order valence-corrected chi connectivity index (χ3v) is 2.95. The van der Waals surface area contributed by atoms with E-state index >= 15 is 0 Å². The van der Waals surface area contributed by atoms with Crippen molar-refractivity contribution in [2.45, 2.75) is 20.4 Å². The first kappa shape index (κ1) is 12.5. The van der Waals surface area contributed by atoms with Gasteiger partial charge in [-0.05, 0) is 43.2 Å². The van der Waals surface area contributed by atoms with E-state index in [2.05, 4.69) is 16.0 Å². The molecule has 0 amide bonds. The maximum Gasteiger partial charge on any atom is 0.122 e. The van der Waals surface area contributed by atoms with Crippen molar-refractivity contribution >= 4 is 0 Å². The van der Waals surface area contributed by atoms with Crippen molar-refractivity contribution < 1.29 is 4.74 Å². The van der Waals surface area contributed by atoms with Gasteiger partial charge in [-0.1, -0.05) is 0 Å². The minimum Gasteiger partial charge on any atom is -0.496 e. The SMILES string of the molecule is COc1cc(C)c(-c2cc(CN)ncn2)cc1C. The average molecular weight is 243 g/mol. The molecular weight excluding hydrogens is 226 g/mol. The van der Waals surface area contributed by atoms with Crippen molar-refractivity contribution in [1.82, 2.24) is 9.97 Å². The van der Waals surface area contributed by atoms with Crippen LogP contribution in [-0.4, -0.2) is 17.1 Å². The van der Waals surface area contributed by atoms with Crippen LogP contribution in [0.15, 0.2) is 24.5 Å². The number of nitrogens with two attached hydrogens (primary N) is 1. The first-order valence-corrected chi connectivity index (χ1v) is 5.82. The summed E-state index contributed by atoms with van der Waals surface area (Å²) in [6.45, 7) is 4.48. The van der Waals surface area contributed by atoms with Crippen LogP contribution in [0.25, 0.3) is 11.3 Å². The second-order valence-electron chi connectivity index (χ2n) is 4.24. The van der Waals surface area contributed by atoms with E-state index in [0.29, 0.717) is 6.54 Å². The molecule has 0 saturated heterocycles. The summed E-state index contributed by atoms with van der Waals surface area (Å²) in [6.07, 6.45) is 1.55. The highest BCUT2D eigenvalue weighted by Gasteiger charge is 2.08. The summed E-state index contributed by atoms with van der Waals surface area (Å²) in [7, 11) is 1.68. The van der Waals surface area contributed by atoms with Gasteiger partial charge in [0, 0.05) is 12.1 Å². The monoisotopic (exact) mass is 243 g/mol. The number of benzene rings is 1. The summed E-state index contributed by atoms with van der Waals surface area (Å²) in [5.74, 6) is 0.893. The molecule has 2 rings (SSSR count). The lowest BCUT2D eigenvalue weighted by atomic mass is 10.0. The number of methoxy groups -OCH3 is 1. The fraction of sp³-hybridized carbons (Fsp3) is 0.286. The highest BCUT2D eigenvalue weighted by atomic mass is 16.5. The van der Waals surface area contributed by atoms with Crippen molar-refractivity contribution in [3.8, 4) is 17.0 Å². The van der Waals surface area contributed by atoms with Crippen LogP contribution in [-0.2, 0) is 6.54 Å². The maximum absolute atomic E-state index is 5.60. The second-order valence-corrected chi connectivity index (χ2v) is 4.24. The lowest BCUT2D eigenvalue weighted by Crippen LogP contribution is -2.01. The zero-order valence-electron chi connectivity index (χ0n) is 10.9. The van der Waals surface area contributed by atoms with E-state index in [9.17, 15) is 0 Å². The van der Waals surface area contributed by atoms with Crippen LogP contribution in [0.5, 0.6) is 5.75 Å². The van der Waals surface area contributed by atoms with E-state index in [0.717, 1.165) is 33.8 Å². The van der Waals surface area contributed by atoms with E-state index < -0.39 is 0 Å². The molecule has 2 N–H and O–H groups in total. The van der Waals surface area contributed by atoms with Gasteiger partial charge in [0.2, 0.25) is 0 Å². The Morgan fingerprint density at radius 3 is 2.56 bits per heavy atom. The Morgan fingerprint density at radius 1 is 1.11 bits per heavy atom. The Morgan fingerprint density at radius 2 is 1.89 bits per heavy atom. The molecule has 0 atom stereocenters. The van der Waals surface area contributed by atoms with Gasteiger partial charge in [-0.15, -0.1) is 0 Å². The molecule has 94 valence electrons. The van der Waals surface area contributed by atoms with Crippen molar-refractivity contribution in [1.29, 1.82) is 0 Å². The molecule has 2 aromatic rings. The van der Waals surface area contributed by atoms with Gasteiger partial charge in [0.25, 0.3) is 0 Å². The molecule has 0 aliphatic carbocycles. The number of rotatable bonds is 3. The Labute approximate surface area is 107 Å². The zero-order chi connectivity index (χ0) is 13.1. The van der Waals surface area contributed by atoms with E-state index in [1.165, 1.54) is 0 Å². The summed E-state index contributed by atoms with van der Waals surface area (Å²) in [6, 6.07) is 6.03. The summed E-state index contributed by atoms with van der Waals surface area (Å²) in [5, 5.41) is 0. The molecule has 1 aromatic heterocycles. The number of nitrogens with zero attached hydrogens (tertiary/aromatic N) is 2. The minimum absolute atomic E-state index is 0.420. The molecule has 1 heterocycles. The molecular formula is C14H17N3O. The van der Waals surface area contributed by atoms with Gasteiger partial charge in [0.05, 0.1) is 18.5 Å². The van der Waals surface area contributed by atoms with Gasteiger partial charge >= 0.3 is 0 Å². The van der Waals surface area contributed by atoms with Gasteiger partial charge in [-0.2, -0.15) is 0 Å². The van der Waals surface area contributed by atoms with E-state index in [1.54, 1.807) is 13.4 Å². The Kier molecular flexibility index (Phi) is 3.58. The van der Waals surface area contributed by atoms with Crippen LogP contribution in [0.2, 0.25) is 0 Å². The Bertz CT molecular complexity index is 567. The third-order valence-electron chi connectivity index (χ3n) is 2.95. The summed E-state index contributed by atoms with van der Waals surface area (Å²) < 4.78 is 5.31. The fourth-order valence-electron chi connectivity index (χ4n) is 1.94. The zero-order valence-corrected chi connectivity index (χ0v) is 10.9. The molecule has 0 fully saturated rings. The number of hydrogen-bond donors (Lipinski definition) is 1. The normalized spacial score (nSPS) is 10.4. The Hall–Kier alpha value is -1.94. The van der Waals surface area contributed by atoms with Crippen molar-refractivity contribution in [3.05, 3.63) is 41.3 Å². The van der Waals surface area contributed by atoms with Crippen LogP contribution < -0.4 is 10.5 Å². The van der Waals surface area contributed by atoms with E-state index in [1.807, 2.05) is 26.0 Å². The lowest BCUT2D eigenvalue weighted by molar-refractivity contribution is 0.411. The molecule has 0 radical (unpaired) electrons. The summed E-state index contributed by atoms with van der Waals surface area (Å²) in [4.78, 5) is 8.42. The van der Waals surface area contributed by atoms with Gasteiger partial charge in [-0.25, -0.2) is 9.97 Å². The van der Waals surface area contributed by atoms with Crippen molar-refractivity contribution in [2.24, 2.45) is 5.73 Å². The lowest BCUT2D eigenvalue weighted by Gasteiger charge is -2.11. The van der Waals surface area contributed by atoms with Crippen LogP contribution in [0.3, 0.4) is 0 Å². The van der Waals surface area contributed by atoms with Crippen LogP contribution in [0.1, 0.15) is 16.8 Å². The average Bonchev–Trinajstić information content (AvgIpc) is 2.41. The molecule has 0 aliphatic rings. The quantitative estimate of drug-likeness (QED) is 0.898. The molecule has 0 bridgehead atoms. The van der Waals surface area contributed by atoms with Crippen LogP contribution >= 0.6 is 0 Å². The molecule has 0 aliphatic heterocycles. The smallest absolute Gasteiger partial charge is 0.122 e. The molecule has 1 aromatic carbocycles. The first-order chi connectivity index (χ1) is 8.65. The molecule has 0 spiro atoms. The Balaban J connectivity index is 2.53. The summed E-state index contributed by atoms with van der Waals surface area (Å²) in [5.41, 5.74) is 10.6. The standard InChI is InChI=1S/C14H17N3O/c1-9-5-14(18-3)10(2)4-12(9)13-6-11(7-15)16-8-17-13/h4-6,8H,7,15H2,1-3H3. The predicted molar refractivity (Wildman–Crippen MR) is 71.4 cm³/mol. The predicted octanol–water partition coefficient (Wildman–Crippen LogP) is 2.23. The third kappa shape index (κ3) is 2.33. The highest BCUT2D eigenvalue weighted by Crippen LogP contribution is 2.28. The van der Waals surface area contributed by atoms with Gasteiger partial charge < -0.3 is 10.5 Å². The molecule has 0 saturated carbocycles. The molecule has 0 unspecified atom stereocenters. The molecule has 4 heteroatoms. The fourth-order valence-corrected chi connectivity index (χ4v) is 1.94. The van der Waals surface area contributed by atoms with Crippen LogP contribution in [0.4, 0.5) is 0 Å².